The molecule has 80 valence electrons. The molecule has 1 aliphatic carbocycles. The summed E-state index contributed by atoms with van der Waals surface area (Å²) in [6.07, 6.45) is 5.80. The monoisotopic (exact) mass is 204 g/mol. The Hall–Kier alpha value is -1.22. The predicted molar refractivity (Wildman–Crippen MR) is 58.3 cm³/mol. The largest absolute Gasteiger partial charge is 0.298 e. The van der Waals surface area contributed by atoms with Crippen molar-refractivity contribution in [2.75, 3.05) is 13.6 Å². The number of rotatable bonds is 5. The Bertz CT molecular complexity index is 333. The molecule has 1 heterocycles. The Balaban J connectivity index is 1.81. The standard InChI is InChI=1S/C12H16N2O/c1-14(9-12(15)11-4-5-11)8-10-3-2-6-13-7-10/h2-3,6-7,11H,4-5,8-9H2,1H3. The molecule has 1 aromatic heterocycles. The molecular weight excluding hydrogens is 188 g/mol. The van der Waals surface area contributed by atoms with Crippen molar-refractivity contribution >= 4 is 5.78 Å². The van der Waals surface area contributed by atoms with E-state index in [1.54, 1.807) is 6.20 Å². The average Bonchev–Trinajstić information content (AvgIpc) is 3.01. The topological polar surface area (TPSA) is 33.2 Å². The molecule has 0 amide bonds. The molecule has 0 aliphatic heterocycles. The first-order valence-corrected chi connectivity index (χ1v) is 5.36. The van der Waals surface area contributed by atoms with E-state index in [4.69, 9.17) is 0 Å². The van der Waals surface area contributed by atoms with Crippen molar-refractivity contribution in [2.45, 2.75) is 19.4 Å². The molecule has 1 aliphatic rings. The lowest BCUT2D eigenvalue weighted by Crippen LogP contribution is -2.26. The van der Waals surface area contributed by atoms with E-state index in [0.717, 1.165) is 24.9 Å². The van der Waals surface area contributed by atoms with Crippen LogP contribution in [0.5, 0.6) is 0 Å². The van der Waals surface area contributed by atoms with Crippen LogP contribution in [0.3, 0.4) is 0 Å². The molecule has 2 rings (SSSR count). The van der Waals surface area contributed by atoms with Gasteiger partial charge in [0.05, 0.1) is 6.54 Å². The molecule has 15 heavy (non-hydrogen) atoms. The van der Waals surface area contributed by atoms with Gasteiger partial charge in [0.1, 0.15) is 5.78 Å². The summed E-state index contributed by atoms with van der Waals surface area (Å²) in [5.41, 5.74) is 1.16. The number of hydrogen-bond acceptors (Lipinski definition) is 3. The number of aromatic nitrogens is 1. The highest BCUT2D eigenvalue weighted by Gasteiger charge is 2.29. The van der Waals surface area contributed by atoms with E-state index in [1.807, 2.05) is 25.4 Å². The number of carbonyl (C=O) groups is 1. The maximum atomic E-state index is 11.5. The number of Topliss-reactive ketones (excluding diaryl/α,β-unsaturated/α-hetero) is 1. The van der Waals surface area contributed by atoms with E-state index < -0.39 is 0 Å². The number of pyridine rings is 1. The molecule has 0 unspecified atom stereocenters. The van der Waals surface area contributed by atoms with Gasteiger partial charge in [0.15, 0.2) is 0 Å². The van der Waals surface area contributed by atoms with Gasteiger partial charge < -0.3 is 0 Å². The van der Waals surface area contributed by atoms with Gasteiger partial charge in [-0.25, -0.2) is 0 Å². The molecule has 1 fully saturated rings. The molecule has 3 heteroatoms. The number of likely N-dealkylation sites (N-methyl/N-ethyl adjacent to an activating group) is 1. The smallest absolute Gasteiger partial charge is 0.149 e. The van der Waals surface area contributed by atoms with Crippen LogP contribution in [0.25, 0.3) is 0 Å². The highest BCUT2D eigenvalue weighted by atomic mass is 16.1. The third-order valence-electron chi connectivity index (χ3n) is 2.63. The average molecular weight is 204 g/mol. The molecule has 0 bridgehead atoms. The molecule has 1 aromatic rings. The molecular formula is C12H16N2O. The molecule has 0 radical (unpaired) electrons. The lowest BCUT2D eigenvalue weighted by Gasteiger charge is -2.15. The van der Waals surface area contributed by atoms with Crippen LogP contribution >= 0.6 is 0 Å². The van der Waals surface area contributed by atoms with E-state index in [2.05, 4.69) is 9.88 Å². The van der Waals surface area contributed by atoms with Crippen LogP contribution in [0.15, 0.2) is 24.5 Å². The van der Waals surface area contributed by atoms with E-state index in [1.165, 1.54) is 0 Å². The SMILES string of the molecule is CN(CC(=O)C1CC1)Cc1cccnc1. The van der Waals surface area contributed by atoms with E-state index in [0.29, 0.717) is 18.2 Å². The first-order valence-electron chi connectivity index (χ1n) is 5.36. The first kappa shape index (κ1) is 10.3. The zero-order valence-electron chi connectivity index (χ0n) is 9.02. The quantitative estimate of drug-likeness (QED) is 0.728. The maximum absolute atomic E-state index is 11.5. The summed E-state index contributed by atoms with van der Waals surface area (Å²) in [7, 11) is 1.98. The summed E-state index contributed by atoms with van der Waals surface area (Å²) in [6.45, 7) is 1.37. The van der Waals surface area contributed by atoms with Crippen LogP contribution in [0.1, 0.15) is 18.4 Å². The number of carbonyl (C=O) groups excluding carboxylic acids is 1. The van der Waals surface area contributed by atoms with E-state index in [-0.39, 0.29) is 0 Å². The number of hydrogen-bond donors (Lipinski definition) is 0. The third-order valence-corrected chi connectivity index (χ3v) is 2.63. The van der Waals surface area contributed by atoms with Crippen LogP contribution in [0.4, 0.5) is 0 Å². The van der Waals surface area contributed by atoms with Crippen LogP contribution < -0.4 is 0 Å². The van der Waals surface area contributed by atoms with Crippen molar-refractivity contribution in [1.82, 2.24) is 9.88 Å². The Morgan fingerprint density at radius 1 is 1.60 bits per heavy atom. The van der Waals surface area contributed by atoms with Crippen molar-refractivity contribution < 1.29 is 4.79 Å². The first-order chi connectivity index (χ1) is 7.25. The molecule has 0 atom stereocenters. The van der Waals surface area contributed by atoms with Gasteiger partial charge in [0, 0.05) is 24.9 Å². The van der Waals surface area contributed by atoms with E-state index in [9.17, 15) is 4.79 Å². The van der Waals surface area contributed by atoms with Gasteiger partial charge in [-0.3, -0.25) is 14.7 Å². The lowest BCUT2D eigenvalue weighted by molar-refractivity contribution is -0.121. The summed E-state index contributed by atoms with van der Waals surface area (Å²) in [6, 6.07) is 3.96. The second-order valence-electron chi connectivity index (χ2n) is 4.27. The van der Waals surface area contributed by atoms with Gasteiger partial charge in [-0.05, 0) is 31.5 Å². The highest BCUT2D eigenvalue weighted by molar-refractivity contribution is 5.84. The second kappa shape index (κ2) is 4.53. The number of ketones is 1. The van der Waals surface area contributed by atoms with Crippen LogP contribution in [0.2, 0.25) is 0 Å². The predicted octanol–water partition coefficient (Wildman–Crippen LogP) is 1.49. The number of nitrogens with zero attached hydrogens (tertiary/aromatic N) is 2. The molecule has 0 spiro atoms. The van der Waals surface area contributed by atoms with Gasteiger partial charge in [-0.2, -0.15) is 0 Å². The van der Waals surface area contributed by atoms with Gasteiger partial charge in [-0.1, -0.05) is 6.07 Å². The van der Waals surface area contributed by atoms with Gasteiger partial charge >= 0.3 is 0 Å². The summed E-state index contributed by atoms with van der Waals surface area (Å²) < 4.78 is 0. The highest BCUT2D eigenvalue weighted by Crippen LogP contribution is 2.29. The third kappa shape index (κ3) is 3.13. The Kier molecular flexibility index (Phi) is 3.11. The van der Waals surface area contributed by atoms with Crippen molar-refractivity contribution in [3.63, 3.8) is 0 Å². The minimum atomic E-state index is 0.362. The fourth-order valence-corrected chi connectivity index (χ4v) is 1.66. The van der Waals surface area contributed by atoms with Crippen molar-refractivity contribution in [2.24, 2.45) is 5.92 Å². The summed E-state index contributed by atoms with van der Waals surface area (Å²) in [5.74, 6) is 0.753. The fraction of sp³-hybridized carbons (Fsp3) is 0.500. The summed E-state index contributed by atoms with van der Waals surface area (Å²) in [5, 5.41) is 0. The molecule has 3 nitrogen and oxygen atoms in total. The fourth-order valence-electron chi connectivity index (χ4n) is 1.66. The Morgan fingerprint density at radius 2 is 2.40 bits per heavy atom. The maximum Gasteiger partial charge on any atom is 0.149 e. The molecule has 0 N–H and O–H groups in total. The summed E-state index contributed by atoms with van der Waals surface area (Å²) in [4.78, 5) is 17.7. The Morgan fingerprint density at radius 3 is 3.00 bits per heavy atom. The van der Waals surface area contributed by atoms with E-state index >= 15 is 0 Å². The van der Waals surface area contributed by atoms with Gasteiger partial charge in [0.25, 0.3) is 0 Å². The normalized spacial score (nSPS) is 15.6. The molecule has 0 aromatic carbocycles. The van der Waals surface area contributed by atoms with Crippen LogP contribution in [0, 0.1) is 5.92 Å². The molecule has 0 saturated heterocycles. The minimum Gasteiger partial charge on any atom is -0.298 e. The van der Waals surface area contributed by atoms with Crippen molar-refractivity contribution in [3.8, 4) is 0 Å². The zero-order valence-corrected chi connectivity index (χ0v) is 9.02. The second-order valence-corrected chi connectivity index (χ2v) is 4.27. The van der Waals surface area contributed by atoms with Crippen molar-refractivity contribution in [1.29, 1.82) is 0 Å². The van der Waals surface area contributed by atoms with Crippen molar-refractivity contribution in [3.05, 3.63) is 30.1 Å². The van der Waals surface area contributed by atoms with Crippen LogP contribution in [-0.4, -0.2) is 29.3 Å². The lowest BCUT2D eigenvalue weighted by atomic mass is 10.2. The van der Waals surface area contributed by atoms with Gasteiger partial charge in [0.2, 0.25) is 0 Å². The minimum absolute atomic E-state index is 0.362. The molecule has 1 saturated carbocycles. The van der Waals surface area contributed by atoms with Gasteiger partial charge in [-0.15, -0.1) is 0 Å². The van der Waals surface area contributed by atoms with Crippen LogP contribution in [-0.2, 0) is 11.3 Å². The summed E-state index contributed by atoms with van der Waals surface area (Å²) >= 11 is 0. The Labute approximate surface area is 90.1 Å². The zero-order chi connectivity index (χ0) is 10.7.